The smallest absolute Gasteiger partial charge is 0.225 e. The Morgan fingerprint density at radius 3 is 2.67 bits per heavy atom. The maximum atomic E-state index is 12.8. The van der Waals surface area contributed by atoms with Gasteiger partial charge in [-0.3, -0.25) is 9.48 Å². The van der Waals surface area contributed by atoms with Gasteiger partial charge in [0.2, 0.25) is 5.91 Å². The summed E-state index contributed by atoms with van der Waals surface area (Å²) in [7, 11) is 1.92. The van der Waals surface area contributed by atoms with Crippen molar-refractivity contribution in [2.45, 2.75) is 45.3 Å². The number of hydrogen-bond donors (Lipinski definition) is 0. The summed E-state index contributed by atoms with van der Waals surface area (Å²) in [4.78, 5) is 17.3. The molecular weight excluding hydrogens is 304 g/mol. The minimum absolute atomic E-state index is 0.00194. The van der Waals surface area contributed by atoms with Gasteiger partial charge < -0.3 is 14.5 Å². The molecule has 0 bridgehead atoms. The van der Waals surface area contributed by atoms with E-state index in [-0.39, 0.29) is 24.0 Å². The number of amides is 1. The van der Waals surface area contributed by atoms with E-state index < -0.39 is 0 Å². The second-order valence-electron chi connectivity index (χ2n) is 7.35. The van der Waals surface area contributed by atoms with Gasteiger partial charge in [-0.05, 0) is 25.9 Å². The topological polar surface area (TPSA) is 50.6 Å². The summed E-state index contributed by atoms with van der Waals surface area (Å²) in [6, 6.07) is -0.0377. The lowest BCUT2D eigenvalue weighted by atomic mass is 9.98. The van der Waals surface area contributed by atoms with Crippen molar-refractivity contribution in [3.63, 3.8) is 0 Å². The summed E-state index contributed by atoms with van der Waals surface area (Å²) in [6.45, 7) is 8.38. The van der Waals surface area contributed by atoms with E-state index in [4.69, 9.17) is 4.74 Å². The Kier molecular flexibility index (Phi) is 5.56. The first kappa shape index (κ1) is 17.4. The van der Waals surface area contributed by atoms with E-state index in [0.717, 1.165) is 25.2 Å². The Morgan fingerprint density at radius 1 is 1.29 bits per heavy atom. The van der Waals surface area contributed by atoms with E-state index in [2.05, 4.69) is 10.00 Å². The summed E-state index contributed by atoms with van der Waals surface area (Å²) in [5.74, 6) is 0.203. The first-order chi connectivity index (χ1) is 11.6. The molecule has 2 atom stereocenters. The third-order valence-corrected chi connectivity index (χ3v) is 5.08. The highest BCUT2D eigenvalue weighted by Gasteiger charge is 2.38. The molecule has 2 aliphatic rings. The highest BCUT2D eigenvalue weighted by atomic mass is 16.5. The quantitative estimate of drug-likeness (QED) is 0.843. The molecule has 2 saturated heterocycles. The Labute approximate surface area is 144 Å². The van der Waals surface area contributed by atoms with E-state index >= 15 is 0 Å². The van der Waals surface area contributed by atoms with Gasteiger partial charge >= 0.3 is 0 Å². The number of morpholine rings is 1. The van der Waals surface area contributed by atoms with Crippen molar-refractivity contribution < 1.29 is 9.53 Å². The largest absolute Gasteiger partial charge is 0.373 e. The monoisotopic (exact) mass is 334 g/mol. The number of ether oxygens (including phenoxy) is 1. The lowest BCUT2D eigenvalue weighted by Crippen LogP contribution is -2.53. The number of rotatable bonds is 4. The number of hydrogen-bond acceptors (Lipinski definition) is 4. The van der Waals surface area contributed by atoms with Gasteiger partial charge in [0.15, 0.2) is 0 Å². The maximum Gasteiger partial charge on any atom is 0.225 e. The van der Waals surface area contributed by atoms with Crippen molar-refractivity contribution in [2.24, 2.45) is 13.0 Å². The zero-order chi connectivity index (χ0) is 17.1. The number of carbonyl (C=O) groups is 1. The lowest BCUT2D eigenvalue weighted by molar-refractivity contribution is -0.151. The summed E-state index contributed by atoms with van der Waals surface area (Å²) in [5, 5.41) is 4.32. The van der Waals surface area contributed by atoms with Crippen LogP contribution in [0, 0.1) is 5.92 Å². The van der Waals surface area contributed by atoms with E-state index in [1.54, 1.807) is 4.68 Å². The van der Waals surface area contributed by atoms with Gasteiger partial charge in [0.1, 0.15) is 0 Å². The molecule has 0 spiro atoms. The highest BCUT2D eigenvalue weighted by molar-refractivity contribution is 5.78. The van der Waals surface area contributed by atoms with Crippen LogP contribution in [0.5, 0.6) is 0 Å². The Bertz CT molecular complexity index is 551. The molecule has 0 radical (unpaired) electrons. The van der Waals surface area contributed by atoms with Crippen LogP contribution in [0.4, 0.5) is 0 Å². The van der Waals surface area contributed by atoms with E-state index in [1.807, 2.05) is 38.2 Å². The first-order valence-electron chi connectivity index (χ1n) is 9.19. The Hall–Kier alpha value is -1.40. The predicted molar refractivity (Wildman–Crippen MR) is 92.5 cm³/mol. The number of piperidine rings is 1. The molecule has 3 rings (SSSR count). The van der Waals surface area contributed by atoms with Gasteiger partial charge in [-0.2, -0.15) is 5.10 Å². The zero-order valence-corrected chi connectivity index (χ0v) is 15.1. The summed E-state index contributed by atoms with van der Waals surface area (Å²) < 4.78 is 7.95. The average molecular weight is 334 g/mol. The molecule has 0 saturated carbocycles. The van der Waals surface area contributed by atoms with Gasteiger partial charge in [-0.1, -0.05) is 20.3 Å². The van der Waals surface area contributed by atoms with E-state index in [9.17, 15) is 4.79 Å². The number of aromatic nitrogens is 2. The van der Waals surface area contributed by atoms with Crippen molar-refractivity contribution in [1.82, 2.24) is 19.6 Å². The second kappa shape index (κ2) is 7.66. The molecule has 2 fully saturated rings. The fourth-order valence-corrected chi connectivity index (χ4v) is 3.85. The molecule has 2 aliphatic heterocycles. The van der Waals surface area contributed by atoms with Crippen molar-refractivity contribution in [2.75, 3.05) is 32.8 Å². The van der Waals surface area contributed by atoms with Crippen LogP contribution in [0.1, 0.15) is 44.7 Å². The highest BCUT2D eigenvalue weighted by Crippen LogP contribution is 2.31. The fourth-order valence-electron chi connectivity index (χ4n) is 3.85. The van der Waals surface area contributed by atoms with Gasteiger partial charge in [0.05, 0.1) is 24.9 Å². The van der Waals surface area contributed by atoms with Crippen LogP contribution in [0.25, 0.3) is 0 Å². The van der Waals surface area contributed by atoms with Crippen LogP contribution >= 0.6 is 0 Å². The molecule has 3 heterocycles. The van der Waals surface area contributed by atoms with Gasteiger partial charge in [0, 0.05) is 37.8 Å². The normalized spacial score (nSPS) is 26.1. The van der Waals surface area contributed by atoms with E-state index in [0.29, 0.717) is 13.2 Å². The van der Waals surface area contributed by atoms with Gasteiger partial charge in [-0.15, -0.1) is 0 Å². The zero-order valence-electron chi connectivity index (χ0n) is 15.1. The molecule has 134 valence electrons. The van der Waals surface area contributed by atoms with E-state index in [1.165, 1.54) is 19.3 Å². The minimum atomic E-state index is -0.0377. The number of likely N-dealkylation sites (tertiary alicyclic amines) is 1. The molecule has 24 heavy (non-hydrogen) atoms. The van der Waals surface area contributed by atoms with Crippen LogP contribution in [-0.2, 0) is 16.6 Å². The summed E-state index contributed by atoms with van der Waals surface area (Å²) in [6.07, 6.45) is 7.76. The number of aryl methyl sites for hydroxylation is 1. The lowest BCUT2D eigenvalue weighted by Gasteiger charge is -2.43. The third-order valence-electron chi connectivity index (χ3n) is 5.08. The van der Waals surface area contributed by atoms with Gasteiger partial charge in [0.25, 0.3) is 0 Å². The minimum Gasteiger partial charge on any atom is -0.373 e. The van der Waals surface area contributed by atoms with Crippen molar-refractivity contribution in [3.8, 4) is 0 Å². The predicted octanol–water partition coefficient (Wildman–Crippen LogP) is 1.83. The van der Waals surface area contributed by atoms with Crippen LogP contribution in [0.2, 0.25) is 0 Å². The first-order valence-corrected chi connectivity index (χ1v) is 9.19. The van der Waals surface area contributed by atoms with Crippen molar-refractivity contribution in [3.05, 3.63) is 18.0 Å². The fraction of sp³-hybridized carbons (Fsp3) is 0.778. The SMILES string of the molecule is CC(C)C(=O)N1CCO[C@@H](CN2CCCCC2)[C@@H]1c1cnn(C)c1. The summed E-state index contributed by atoms with van der Waals surface area (Å²) >= 11 is 0. The van der Waals surface area contributed by atoms with Gasteiger partial charge in [-0.25, -0.2) is 0 Å². The van der Waals surface area contributed by atoms with Crippen LogP contribution in [0.3, 0.4) is 0 Å². The third kappa shape index (κ3) is 3.81. The van der Waals surface area contributed by atoms with Crippen LogP contribution in [0.15, 0.2) is 12.4 Å². The number of nitrogens with zero attached hydrogens (tertiary/aromatic N) is 4. The Morgan fingerprint density at radius 2 is 2.04 bits per heavy atom. The van der Waals surface area contributed by atoms with Crippen LogP contribution in [-0.4, -0.2) is 64.4 Å². The molecule has 0 aromatic carbocycles. The molecule has 1 aromatic heterocycles. The number of carbonyl (C=O) groups excluding carboxylic acids is 1. The molecule has 0 N–H and O–H groups in total. The standard InChI is InChI=1S/C18H30N4O2/c1-14(2)18(23)22-9-10-24-16(13-21-7-5-4-6-8-21)17(22)15-11-19-20(3)12-15/h11-12,14,16-17H,4-10,13H2,1-3H3/t16-,17-/m0/s1. The Balaban J connectivity index is 1.82. The molecule has 1 aromatic rings. The van der Waals surface area contributed by atoms with Crippen LogP contribution < -0.4 is 0 Å². The molecule has 6 heteroatoms. The summed E-state index contributed by atoms with van der Waals surface area (Å²) in [5.41, 5.74) is 1.08. The maximum absolute atomic E-state index is 12.8. The molecule has 1 amide bonds. The van der Waals surface area contributed by atoms with Crippen molar-refractivity contribution >= 4 is 5.91 Å². The molecule has 6 nitrogen and oxygen atoms in total. The second-order valence-corrected chi connectivity index (χ2v) is 7.35. The van der Waals surface area contributed by atoms with Crippen molar-refractivity contribution in [1.29, 1.82) is 0 Å². The molecular formula is C18H30N4O2. The molecule has 0 aliphatic carbocycles. The average Bonchev–Trinajstić information content (AvgIpc) is 3.01. The molecule has 0 unspecified atom stereocenters.